The summed E-state index contributed by atoms with van der Waals surface area (Å²) >= 11 is 0. The summed E-state index contributed by atoms with van der Waals surface area (Å²) < 4.78 is 35.2. The van der Waals surface area contributed by atoms with E-state index in [1.54, 1.807) is 6.92 Å². The first-order chi connectivity index (χ1) is 17.8. The quantitative estimate of drug-likeness (QED) is 0.324. The van der Waals surface area contributed by atoms with Gasteiger partial charge in [0.25, 0.3) is 0 Å². The second-order valence-electron chi connectivity index (χ2n) is 11.1. The van der Waals surface area contributed by atoms with Gasteiger partial charge >= 0.3 is 11.9 Å². The lowest BCUT2D eigenvalue weighted by molar-refractivity contribution is -0.152. The van der Waals surface area contributed by atoms with E-state index in [2.05, 4.69) is 0 Å². The second kappa shape index (κ2) is 13.9. The van der Waals surface area contributed by atoms with Gasteiger partial charge in [-0.1, -0.05) is 81.8 Å². The maximum atomic E-state index is 13.6. The predicted octanol–water partition coefficient (Wildman–Crippen LogP) is 4.64. The fourth-order valence-electron chi connectivity index (χ4n) is 4.73. The molecule has 0 aliphatic rings. The van der Waals surface area contributed by atoms with E-state index in [4.69, 9.17) is 14.6 Å². The van der Waals surface area contributed by atoms with Gasteiger partial charge < -0.3 is 14.6 Å². The molecule has 0 bridgehead atoms. The second-order valence-corrected chi connectivity index (χ2v) is 13.2. The Balaban J connectivity index is 2.26. The molecule has 2 rings (SSSR count). The molecular formula is C30H42O7S. The lowest BCUT2D eigenvalue weighted by atomic mass is 9.75. The van der Waals surface area contributed by atoms with E-state index in [1.807, 2.05) is 75.4 Å². The van der Waals surface area contributed by atoms with Crippen molar-refractivity contribution in [1.82, 2.24) is 0 Å². The van der Waals surface area contributed by atoms with Crippen LogP contribution in [0.4, 0.5) is 0 Å². The Morgan fingerprint density at radius 3 is 2.26 bits per heavy atom. The molecule has 38 heavy (non-hydrogen) atoms. The number of aliphatic hydroxyl groups is 1. The third kappa shape index (κ3) is 9.55. The van der Waals surface area contributed by atoms with Gasteiger partial charge in [-0.2, -0.15) is 0 Å². The number of rotatable bonds is 15. The summed E-state index contributed by atoms with van der Waals surface area (Å²) in [6.07, 6.45) is 2.12. The predicted molar refractivity (Wildman–Crippen MR) is 148 cm³/mol. The van der Waals surface area contributed by atoms with Gasteiger partial charge in [-0.3, -0.25) is 9.59 Å². The van der Waals surface area contributed by atoms with Crippen molar-refractivity contribution in [3.63, 3.8) is 0 Å². The number of esters is 2. The van der Waals surface area contributed by atoms with Crippen LogP contribution in [0.2, 0.25) is 0 Å². The SMILES string of the molecule is COC(=O)[C@@H](C)Cc1cccc([C@@](C)(CCCC(C)(C)CS(=O)(=O)CCO)C(=O)OCc2ccccc2)c1. The minimum Gasteiger partial charge on any atom is -0.469 e. The van der Waals surface area contributed by atoms with E-state index in [0.717, 1.165) is 16.7 Å². The van der Waals surface area contributed by atoms with Crippen molar-refractivity contribution in [3.05, 3.63) is 71.3 Å². The molecule has 0 spiro atoms. The van der Waals surface area contributed by atoms with Crippen molar-refractivity contribution in [2.45, 2.75) is 65.4 Å². The van der Waals surface area contributed by atoms with E-state index in [0.29, 0.717) is 25.7 Å². The average molecular weight is 547 g/mol. The van der Waals surface area contributed by atoms with E-state index < -0.39 is 27.3 Å². The zero-order chi connectivity index (χ0) is 28.4. The first-order valence-electron chi connectivity index (χ1n) is 13.0. The molecule has 1 N–H and O–H groups in total. The molecule has 210 valence electrons. The molecule has 0 aromatic heterocycles. The van der Waals surface area contributed by atoms with E-state index in [9.17, 15) is 18.0 Å². The largest absolute Gasteiger partial charge is 0.469 e. The molecule has 2 aromatic rings. The average Bonchev–Trinajstić information content (AvgIpc) is 2.86. The van der Waals surface area contributed by atoms with Gasteiger partial charge in [0.15, 0.2) is 9.84 Å². The van der Waals surface area contributed by atoms with Crippen LogP contribution in [0.3, 0.4) is 0 Å². The third-order valence-corrected chi connectivity index (χ3v) is 8.94. The van der Waals surface area contributed by atoms with Crippen molar-refractivity contribution in [3.8, 4) is 0 Å². The van der Waals surface area contributed by atoms with Crippen molar-refractivity contribution in [2.24, 2.45) is 11.3 Å². The van der Waals surface area contributed by atoms with E-state index in [1.165, 1.54) is 7.11 Å². The summed E-state index contributed by atoms with van der Waals surface area (Å²) in [6.45, 7) is 7.20. The fraction of sp³-hybridized carbons (Fsp3) is 0.533. The molecular weight excluding hydrogens is 504 g/mol. The fourth-order valence-corrected chi connectivity index (χ4v) is 6.48. The Morgan fingerprint density at radius 2 is 1.63 bits per heavy atom. The molecule has 7 nitrogen and oxygen atoms in total. The Bertz CT molecular complexity index is 1160. The summed E-state index contributed by atoms with van der Waals surface area (Å²) in [5.41, 5.74) is 1.10. The van der Waals surface area contributed by atoms with Crippen LogP contribution in [-0.2, 0) is 47.3 Å². The standard InChI is InChI=1S/C30H42O7S/c1-23(27(32)36-5)19-25-13-9-14-26(20-25)30(4,28(33)37-21-24-11-7-6-8-12-24)16-10-15-29(2,3)22-38(34,35)18-17-31/h6-9,11-14,20,23,31H,10,15-19,21-22H2,1-5H3/t23-,30+/m0/s1. The molecule has 0 saturated heterocycles. The minimum atomic E-state index is -3.37. The lowest BCUT2D eigenvalue weighted by Crippen LogP contribution is -2.35. The van der Waals surface area contributed by atoms with Crippen LogP contribution in [0.15, 0.2) is 54.6 Å². The highest BCUT2D eigenvalue weighted by Crippen LogP contribution is 2.35. The number of aliphatic hydroxyl groups excluding tert-OH is 1. The van der Waals surface area contributed by atoms with Crippen molar-refractivity contribution < 1.29 is 32.6 Å². The number of carbonyl (C=O) groups is 2. The molecule has 0 unspecified atom stereocenters. The van der Waals surface area contributed by atoms with Crippen LogP contribution in [0.1, 0.15) is 63.6 Å². The van der Waals surface area contributed by atoms with Crippen LogP contribution in [0, 0.1) is 11.3 Å². The van der Waals surface area contributed by atoms with Crippen molar-refractivity contribution >= 4 is 21.8 Å². The van der Waals surface area contributed by atoms with Crippen LogP contribution in [0.5, 0.6) is 0 Å². The maximum absolute atomic E-state index is 13.6. The van der Waals surface area contributed by atoms with E-state index >= 15 is 0 Å². The number of sulfone groups is 1. The van der Waals surface area contributed by atoms with Crippen molar-refractivity contribution in [1.29, 1.82) is 0 Å². The topological polar surface area (TPSA) is 107 Å². The molecule has 8 heteroatoms. The van der Waals surface area contributed by atoms with Crippen LogP contribution in [-0.4, -0.2) is 50.7 Å². The van der Waals surface area contributed by atoms with Gasteiger partial charge in [0.1, 0.15) is 6.61 Å². The summed E-state index contributed by atoms with van der Waals surface area (Å²) in [5.74, 6) is -1.26. The van der Waals surface area contributed by atoms with Gasteiger partial charge in [0.05, 0.1) is 36.6 Å². The molecule has 0 radical (unpaired) electrons. The Hall–Kier alpha value is -2.71. The molecule has 0 aliphatic carbocycles. The summed E-state index contributed by atoms with van der Waals surface area (Å²) in [6, 6.07) is 17.1. The Morgan fingerprint density at radius 1 is 0.974 bits per heavy atom. The monoisotopic (exact) mass is 546 g/mol. The lowest BCUT2D eigenvalue weighted by Gasteiger charge is -2.31. The van der Waals surface area contributed by atoms with Crippen molar-refractivity contribution in [2.75, 3.05) is 25.2 Å². The number of ether oxygens (including phenoxy) is 2. The summed E-state index contributed by atoms with van der Waals surface area (Å²) in [4.78, 5) is 25.5. The van der Waals surface area contributed by atoms with Gasteiger partial charge in [-0.05, 0) is 48.3 Å². The van der Waals surface area contributed by atoms with Crippen LogP contribution in [0.25, 0.3) is 0 Å². The molecule has 0 saturated carbocycles. The first kappa shape index (κ1) is 31.5. The van der Waals surface area contributed by atoms with Crippen LogP contribution < -0.4 is 0 Å². The number of carbonyl (C=O) groups excluding carboxylic acids is 2. The summed E-state index contributed by atoms with van der Waals surface area (Å²) in [5, 5.41) is 9.07. The molecule has 0 fully saturated rings. The van der Waals surface area contributed by atoms with Gasteiger partial charge in [-0.15, -0.1) is 0 Å². The highest BCUT2D eigenvalue weighted by atomic mass is 32.2. The normalized spacial score (nSPS) is 14.4. The zero-order valence-electron chi connectivity index (χ0n) is 23.2. The first-order valence-corrected chi connectivity index (χ1v) is 14.8. The summed E-state index contributed by atoms with van der Waals surface area (Å²) in [7, 11) is -2.00. The smallest absolute Gasteiger partial charge is 0.316 e. The zero-order valence-corrected chi connectivity index (χ0v) is 24.1. The van der Waals surface area contributed by atoms with Gasteiger partial charge in [0, 0.05) is 0 Å². The highest BCUT2D eigenvalue weighted by Gasteiger charge is 2.38. The molecule has 0 heterocycles. The number of methoxy groups -OCH3 is 1. The number of hydrogen-bond acceptors (Lipinski definition) is 7. The number of hydrogen-bond donors (Lipinski definition) is 1. The number of benzene rings is 2. The molecule has 2 aromatic carbocycles. The van der Waals surface area contributed by atoms with Gasteiger partial charge in [-0.25, -0.2) is 8.42 Å². The third-order valence-electron chi connectivity index (χ3n) is 6.92. The molecule has 0 amide bonds. The Labute approximate surface area is 227 Å². The van der Waals surface area contributed by atoms with Crippen LogP contribution >= 0.6 is 0 Å². The maximum Gasteiger partial charge on any atom is 0.316 e. The molecule has 0 aliphatic heterocycles. The Kier molecular flexibility index (Phi) is 11.5. The van der Waals surface area contributed by atoms with Gasteiger partial charge in [0.2, 0.25) is 0 Å². The highest BCUT2D eigenvalue weighted by molar-refractivity contribution is 7.91. The minimum absolute atomic E-state index is 0.0311. The molecule has 2 atom stereocenters. The van der Waals surface area contributed by atoms with E-state index in [-0.39, 0.29) is 36.0 Å².